The molecule has 0 aromatic carbocycles. The maximum absolute atomic E-state index is 5.42. The van der Waals surface area contributed by atoms with Gasteiger partial charge in [-0.3, -0.25) is 0 Å². The third-order valence-electron chi connectivity index (χ3n) is 1.94. The summed E-state index contributed by atoms with van der Waals surface area (Å²) in [6, 6.07) is 0. The first-order chi connectivity index (χ1) is 6.04. The SMILES string of the molecule is C=C(OCCCCC(C)C)N(C)C. The molecule has 2 heteroatoms. The molecule has 0 saturated heterocycles. The lowest BCUT2D eigenvalue weighted by Gasteiger charge is -2.16. The normalized spacial score (nSPS) is 10.2. The summed E-state index contributed by atoms with van der Waals surface area (Å²) in [5, 5.41) is 0. The molecule has 0 heterocycles. The molecular weight excluding hydrogens is 162 g/mol. The van der Waals surface area contributed by atoms with E-state index in [4.69, 9.17) is 4.74 Å². The maximum Gasteiger partial charge on any atom is 0.181 e. The predicted octanol–water partition coefficient (Wildman–Crippen LogP) is 2.86. The average molecular weight is 185 g/mol. The summed E-state index contributed by atoms with van der Waals surface area (Å²) in [5.41, 5.74) is 0. The van der Waals surface area contributed by atoms with E-state index in [9.17, 15) is 0 Å². The first-order valence-corrected chi connectivity index (χ1v) is 5.03. The molecule has 0 spiro atoms. The molecule has 0 aliphatic heterocycles. The fourth-order valence-corrected chi connectivity index (χ4v) is 0.974. The van der Waals surface area contributed by atoms with Gasteiger partial charge in [0.1, 0.15) is 0 Å². The quantitative estimate of drug-likeness (QED) is 0.446. The number of unbranched alkanes of at least 4 members (excludes halogenated alkanes) is 1. The van der Waals surface area contributed by atoms with E-state index in [0.29, 0.717) is 0 Å². The van der Waals surface area contributed by atoms with E-state index in [-0.39, 0.29) is 0 Å². The molecule has 0 aromatic heterocycles. The van der Waals surface area contributed by atoms with Crippen molar-refractivity contribution in [2.24, 2.45) is 5.92 Å². The first-order valence-electron chi connectivity index (χ1n) is 5.03. The Morgan fingerprint density at radius 2 is 1.92 bits per heavy atom. The van der Waals surface area contributed by atoms with Crippen molar-refractivity contribution in [3.63, 3.8) is 0 Å². The molecule has 0 saturated carbocycles. The van der Waals surface area contributed by atoms with Crippen LogP contribution in [-0.4, -0.2) is 25.6 Å². The van der Waals surface area contributed by atoms with E-state index in [1.807, 2.05) is 19.0 Å². The third-order valence-corrected chi connectivity index (χ3v) is 1.94. The minimum absolute atomic E-state index is 0.754. The van der Waals surface area contributed by atoms with Crippen molar-refractivity contribution in [1.82, 2.24) is 4.90 Å². The van der Waals surface area contributed by atoms with Gasteiger partial charge < -0.3 is 9.64 Å². The Kier molecular flexibility index (Phi) is 6.47. The predicted molar refractivity (Wildman–Crippen MR) is 57.5 cm³/mol. The van der Waals surface area contributed by atoms with Crippen molar-refractivity contribution in [2.75, 3.05) is 20.7 Å². The Bertz CT molecular complexity index is 141. The Morgan fingerprint density at radius 3 is 2.38 bits per heavy atom. The number of rotatable bonds is 7. The molecule has 0 fully saturated rings. The van der Waals surface area contributed by atoms with Crippen molar-refractivity contribution in [3.8, 4) is 0 Å². The summed E-state index contributed by atoms with van der Waals surface area (Å²) in [4.78, 5) is 1.89. The van der Waals surface area contributed by atoms with Gasteiger partial charge in [0, 0.05) is 14.1 Å². The zero-order valence-corrected chi connectivity index (χ0v) is 9.47. The van der Waals surface area contributed by atoms with Crippen LogP contribution in [0.2, 0.25) is 0 Å². The number of hydrogen-bond donors (Lipinski definition) is 0. The van der Waals surface area contributed by atoms with Gasteiger partial charge in [0.05, 0.1) is 6.61 Å². The summed E-state index contributed by atoms with van der Waals surface area (Å²) in [5.74, 6) is 1.56. The van der Waals surface area contributed by atoms with E-state index in [0.717, 1.165) is 24.8 Å². The van der Waals surface area contributed by atoms with Crippen LogP contribution in [0, 0.1) is 5.92 Å². The van der Waals surface area contributed by atoms with Crippen molar-refractivity contribution >= 4 is 0 Å². The van der Waals surface area contributed by atoms with Crippen molar-refractivity contribution in [3.05, 3.63) is 12.5 Å². The van der Waals surface area contributed by atoms with Crippen molar-refractivity contribution in [1.29, 1.82) is 0 Å². The van der Waals surface area contributed by atoms with Crippen LogP contribution >= 0.6 is 0 Å². The molecule has 0 rings (SSSR count). The topological polar surface area (TPSA) is 12.5 Å². The van der Waals surface area contributed by atoms with Gasteiger partial charge in [-0.1, -0.05) is 20.3 Å². The highest BCUT2D eigenvalue weighted by Gasteiger charge is 1.97. The van der Waals surface area contributed by atoms with Gasteiger partial charge in [0.25, 0.3) is 0 Å². The fourth-order valence-electron chi connectivity index (χ4n) is 0.974. The lowest BCUT2D eigenvalue weighted by Crippen LogP contribution is -2.13. The Hall–Kier alpha value is -0.660. The van der Waals surface area contributed by atoms with Gasteiger partial charge in [-0.25, -0.2) is 0 Å². The molecule has 0 aliphatic carbocycles. The van der Waals surface area contributed by atoms with Crippen LogP contribution in [0.25, 0.3) is 0 Å². The maximum atomic E-state index is 5.42. The zero-order valence-electron chi connectivity index (χ0n) is 9.47. The van der Waals surface area contributed by atoms with E-state index in [2.05, 4.69) is 20.4 Å². The van der Waals surface area contributed by atoms with Crippen LogP contribution in [0.5, 0.6) is 0 Å². The molecule has 0 aromatic rings. The molecular formula is C11H23NO. The fraction of sp³-hybridized carbons (Fsp3) is 0.818. The van der Waals surface area contributed by atoms with E-state index < -0.39 is 0 Å². The monoisotopic (exact) mass is 185 g/mol. The summed E-state index contributed by atoms with van der Waals surface area (Å²) < 4.78 is 5.42. The molecule has 78 valence electrons. The third kappa shape index (κ3) is 7.69. The van der Waals surface area contributed by atoms with Gasteiger partial charge in [0.2, 0.25) is 0 Å². The smallest absolute Gasteiger partial charge is 0.181 e. The molecule has 2 nitrogen and oxygen atoms in total. The molecule has 0 unspecified atom stereocenters. The van der Waals surface area contributed by atoms with E-state index >= 15 is 0 Å². The first kappa shape index (κ1) is 12.3. The van der Waals surface area contributed by atoms with Gasteiger partial charge in [0.15, 0.2) is 5.88 Å². The van der Waals surface area contributed by atoms with Gasteiger partial charge in [-0.05, 0) is 25.3 Å². The van der Waals surface area contributed by atoms with Crippen LogP contribution < -0.4 is 0 Å². The highest BCUT2D eigenvalue weighted by atomic mass is 16.5. The molecule has 0 N–H and O–H groups in total. The highest BCUT2D eigenvalue weighted by molar-refractivity contribution is 4.77. The van der Waals surface area contributed by atoms with Gasteiger partial charge in [-0.2, -0.15) is 0 Å². The van der Waals surface area contributed by atoms with Gasteiger partial charge in [-0.15, -0.1) is 0 Å². The van der Waals surface area contributed by atoms with E-state index in [1.165, 1.54) is 12.8 Å². The summed E-state index contributed by atoms with van der Waals surface area (Å²) in [6.07, 6.45) is 3.67. The number of nitrogens with zero attached hydrogens (tertiary/aromatic N) is 1. The largest absolute Gasteiger partial charge is 0.480 e. The molecule has 0 aliphatic rings. The van der Waals surface area contributed by atoms with E-state index in [1.54, 1.807) is 0 Å². The molecule has 0 radical (unpaired) electrons. The minimum Gasteiger partial charge on any atom is -0.480 e. The molecule has 0 bridgehead atoms. The average Bonchev–Trinajstić information content (AvgIpc) is 2.02. The standard InChI is InChI=1S/C11H23NO/c1-10(2)8-6-7-9-13-11(3)12(4)5/h10H,3,6-9H2,1-2,4-5H3. The summed E-state index contributed by atoms with van der Waals surface area (Å²) in [7, 11) is 3.88. The zero-order chi connectivity index (χ0) is 10.3. The number of hydrogen-bond acceptors (Lipinski definition) is 2. The second-order valence-electron chi connectivity index (χ2n) is 4.03. The lowest BCUT2D eigenvalue weighted by atomic mass is 10.1. The Balaban J connectivity index is 3.21. The number of ether oxygens (including phenoxy) is 1. The lowest BCUT2D eigenvalue weighted by molar-refractivity contribution is 0.138. The van der Waals surface area contributed by atoms with Crippen LogP contribution in [-0.2, 0) is 4.74 Å². The molecule has 13 heavy (non-hydrogen) atoms. The second-order valence-corrected chi connectivity index (χ2v) is 4.03. The summed E-state index contributed by atoms with van der Waals surface area (Å²) >= 11 is 0. The Labute approximate surface area is 82.6 Å². The minimum atomic E-state index is 0.754. The second kappa shape index (κ2) is 6.81. The molecule has 0 amide bonds. The van der Waals surface area contributed by atoms with Crippen molar-refractivity contribution in [2.45, 2.75) is 33.1 Å². The van der Waals surface area contributed by atoms with Crippen LogP contribution in [0.4, 0.5) is 0 Å². The summed E-state index contributed by atoms with van der Waals surface area (Å²) in [6.45, 7) is 9.09. The van der Waals surface area contributed by atoms with Crippen LogP contribution in [0.3, 0.4) is 0 Å². The van der Waals surface area contributed by atoms with Crippen molar-refractivity contribution < 1.29 is 4.74 Å². The highest BCUT2D eigenvalue weighted by Crippen LogP contribution is 2.07. The van der Waals surface area contributed by atoms with Gasteiger partial charge >= 0.3 is 0 Å². The van der Waals surface area contributed by atoms with Crippen LogP contribution in [0.15, 0.2) is 12.5 Å². The Morgan fingerprint density at radius 1 is 1.31 bits per heavy atom. The van der Waals surface area contributed by atoms with Crippen LogP contribution in [0.1, 0.15) is 33.1 Å². The molecule has 0 atom stereocenters.